The number of amides is 1. The zero-order valence-corrected chi connectivity index (χ0v) is 15.1. The van der Waals surface area contributed by atoms with E-state index < -0.39 is 0 Å². The zero-order chi connectivity index (χ0) is 17.9. The normalized spacial score (nSPS) is 11.3. The summed E-state index contributed by atoms with van der Waals surface area (Å²) in [5, 5.41) is 7.61. The molecule has 1 heterocycles. The Hall–Kier alpha value is -2.17. The molecule has 1 aromatic carbocycles. The third kappa shape index (κ3) is 4.02. The molecular formula is C19H26FN3O. The summed E-state index contributed by atoms with van der Waals surface area (Å²) in [4.78, 5) is 12.7. The molecule has 0 atom stereocenters. The Labute approximate surface area is 143 Å². The molecule has 1 aromatic heterocycles. The second kappa shape index (κ2) is 7.60. The van der Waals surface area contributed by atoms with E-state index in [1.807, 2.05) is 20.8 Å². The van der Waals surface area contributed by atoms with Gasteiger partial charge in [0.25, 0.3) is 5.91 Å². The summed E-state index contributed by atoms with van der Waals surface area (Å²) >= 11 is 0. The lowest BCUT2D eigenvalue weighted by Crippen LogP contribution is -2.31. The lowest BCUT2D eigenvalue weighted by molar-refractivity contribution is 0.0941. The number of aromatic nitrogens is 2. The van der Waals surface area contributed by atoms with Gasteiger partial charge >= 0.3 is 0 Å². The molecule has 1 amide bonds. The molecule has 5 heteroatoms. The minimum atomic E-state index is -0.316. The second-order valence-electron chi connectivity index (χ2n) is 6.74. The molecule has 4 nitrogen and oxygen atoms in total. The number of halogens is 1. The van der Waals surface area contributed by atoms with Crippen LogP contribution >= 0.6 is 0 Å². The minimum absolute atomic E-state index is 0.0478. The first-order valence-corrected chi connectivity index (χ1v) is 8.51. The van der Waals surface area contributed by atoms with Crippen LogP contribution in [0.25, 0.3) is 5.69 Å². The SMILES string of the molecule is CCc1c(C(=O)NC(C)C)c(CC(C)C)nn1-c1cccc(F)c1. The van der Waals surface area contributed by atoms with Crippen molar-refractivity contribution >= 4 is 5.91 Å². The molecule has 2 aromatic rings. The van der Waals surface area contributed by atoms with Crippen molar-refractivity contribution in [2.24, 2.45) is 5.92 Å². The first kappa shape index (κ1) is 18.2. The summed E-state index contributed by atoms with van der Waals surface area (Å²) in [5.74, 6) is -0.0556. The molecule has 0 bridgehead atoms. The minimum Gasteiger partial charge on any atom is -0.350 e. The van der Waals surface area contributed by atoms with Gasteiger partial charge in [0.2, 0.25) is 0 Å². The monoisotopic (exact) mass is 331 g/mol. The number of nitrogens with one attached hydrogen (secondary N) is 1. The third-order valence-electron chi connectivity index (χ3n) is 3.69. The maximum atomic E-state index is 13.6. The highest BCUT2D eigenvalue weighted by atomic mass is 19.1. The fraction of sp³-hybridized carbons (Fsp3) is 0.474. The fourth-order valence-electron chi connectivity index (χ4n) is 2.78. The Morgan fingerprint density at radius 1 is 1.29 bits per heavy atom. The molecule has 0 aliphatic carbocycles. The number of benzene rings is 1. The summed E-state index contributed by atoms with van der Waals surface area (Å²) in [6, 6.07) is 6.35. The molecule has 2 rings (SSSR count). The lowest BCUT2D eigenvalue weighted by atomic mass is 10.0. The van der Waals surface area contributed by atoms with Crippen LogP contribution < -0.4 is 5.32 Å². The van der Waals surface area contributed by atoms with E-state index in [4.69, 9.17) is 0 Å². The van der Waals surface area contributed by atoms with Crippen molar-refractivity contribution in [2.75, 3.05) is 0 Å². The van der Waals surface area contributed by atoms with Crippen molar-refractivity contribution in [1.82, 2.24) is 15.1 Å². The highest BCUT2D eigenvalue weighted by molar-refractivity contribution is 5.96. The van der Waals surface area contributed by atoms with E-state index >= 15 is 0 Å². The van der Waals surface area contributed by atoms with Gasteiger partial charge in [-0.05, 0) is 50.8 Å². The quantitative estimate of drug-likeness (QED) is 0.872. The maximum absolute atomic E-state index is 13.6. The van der Waals surface area contributed by atoms with Crippen molar-refractivity contribution in [3.8, 4) is 5.69 Å². The summed E-state index contributed by atoms with van der Waals surface area (Å²) in [5.41, 5.74) is 2.85. The van der Waals surface area contributed by atoms with Crippen LogP contribution in [-0.2, 0) is 12.8 Å². The van der Waals surface area contributed by atoms with Crippen LogP contribution in [-0.4, -0.2) is 21.7 Å². The Morgan fingerprint density at radius 3 is 2.54 bits per heavy atom. The van der Waals surface area contributed by atoms with Gasteiger partial charge in [0.1, 0.15) is 5.82 Å². The predicted molar refractivity (Wildman–Crippen MR) is 94.0 cm³/mol. The molecule has 130 valence electrons. The summed E-state index contributed by atoms with van der Waals surface area (Å²) in [6.45, 7) is 10.0. The van der Waals surface area contributed by atoms with Gasteiger partial charge in [0.05, 0.1) is 22.6 Å². The Bertz CT molecular complexity index is 719. The molecule has 0 unspecified atom stereocenters. The van der Waals surface area contributed by atoms with Crippen molar-refractivity contribution in [1.29, 1.82) is 0 Å². The van der Waals surface area contributed by atoms with Crippen LogP contribution in [0.2, 0.25) is 0 Å². The van der Waals surface area contributed by atoms with E-state index in [9.17, 15) is 9.18 Å². The van der Waals surface area contributed by atoms with Crippen LogP contribution in [0.5, 0.6) is 0 Å². The van der Waals surface area contributed by atoms with Crippen LogP contribution in [0.4, 0.5) is 4.39 Å². The van der Waals surface area contributed by atoms with E-state index in [2.05, 4.69) is 24.3 Å². The van der Waals surface area contributed by atoms with Crippen LogP contribution in [0.15, 0.2) is 24.3 Å². The van der Waals surface area contributed by atoms with Gasteiger partial charge in [-0.15, -0.1) is 0 Å². The van der Waals surface area contributed by atoms with Crippen LogP contribution in [0, 0.1) is 11.7 Å². The second-order valence-corrected chi connectivity index (χ2v) is 6.74. The number of rotatable bonds is 6. The van der Waals surface area contributed by atoms with Gasteiger partial charge in [0, 0.05) is 6.04 Å². The predicted octanol–water partition coefficient (Wildman–Crippen LogP) is 3.91. The molecule has 0 aliphatic rings. The highest BCUT2D eigenvalue weighted by Crippen LogP contribution is 2.23. The molecule has 0 saturated carbocycles. The number of carbonyl (C=O) groups is 1. The number of nitrogens with zero attached hydrogens (tertiary/aromatic N) is 2. The van der Waals surface area contributed by atoms with Gasteiger partial charge < -0.3 is 5.32 Å². The highest BCUT2D eigenvalue weighted by Gasteiger charge is 2.24. The van der Waals surface area contributed by atoms with Gasteiger partial charge in [0.15, 0.2) is 0 Å². The van der Waals surface area contributed by atoms with Crippen LogP contribution in [0.1, 0.15) is 56.4 Å². The van der Waals surface area contributed by atoms with Crippen molar-refractivity contribution in [2.45, 2.75) is 53.5 Å². The van der Waals surface area contributed by atoms with E-state index in [1.165, 1.54) is 12.1 Å². The Kier molecular flexibility index (Phi) is 5.75. The average molecular weight is 331 g/mol. The molecule has 0 spiro atoms. The standard InChI is InChI=1S/C19H26FN3O/c1-6-17-18(19(24)21-13(4)5)16(10-12(2)3)22-23(17)15-9-7-8-14(20)11-15/h7-9,11-13H,6,10H2,1-5H3,(H,21,24). The number of hydrogen-bond donors (Lipinski definition) is 1. The maximum Gasteiger partial charge on any atom is 0.255 e. The first-order valence-electron chi connectivity index (χ1n) is 8.51. The van der Waals surface area contributed by atoms with E-state index in [-0.39, 0.29) is 17.8 Å². The van der Waals surface area contributed by atoms with Gasteiger partial charge in [-0.25, -0.2) is 9.07 Å². The van der Waals surface area contributed by atoms with Crippen molar-refractivity contribution in [3.05, 3.63) is 47.0 Å². The summed E-state index contributed by atoms with van der Waals surface area (Å²) in [7, 11) is 0. The molecule has 24 heavy (non-hydrogen) atoms. The van der Waals surface area contributed by atoms with E-state index in [0.717, 1.165) is 11.4 Å². The van der Waals surface area contributed by atoms with Crippen molar-refractivity contribution in [3.63, 3.8) is 0 Å². The molecule has 0 aliphatic heterocycles. The molecule has 1 N–H and O–H groups in total. The first-order chi connectivity index (χ1) is 11.3. The van der Waals surface area contributed by atoms with Gasteiger partial charge in [-0.2, -0.15) is 5.10 Å². The summed E-state index contributed by atoms with van der Waals surface area (Å²) < 4.78 is 15.3. The van der Waals surface area contributed by atoms with E-state index in [0.29, 0.717) is 30.0 Å². The zero-order valence-electron chi connectivity index (χ0n) is 15.1. The molecule has 0 radical (unpaired) electrons. The summed E-state index contributed by atoms with van der Waals surface area (Å²) in [6.07, 6.45) is 1.35. The number of hydrogen-bond acceptors (Lipinski definition) is 2. The van der Waals surface area contributed by atoms with Gasteiger partial charge in [-0.1, -0.05) is 26.8 Å². The third-order valence-corrected chi connectivity index (χ3v) is 3.69. The lowest BCUT2D eigenvalue weighted by Gasteiger charge is -2.11. The van der Waals surface area contributed by atoms with E-state index in [1.54, 1.807) is 16.8 Å². The topological polar surface area (TPSA) is 46.9 Å². The molecule has 0 fully saturated rings. The number of carbonyl (C=O) groups excluding carboxylic acids is 1. The van der Waals surface area contributed by atoms with Crippen LogP contribution in [0.3, 0.4) is 0 Å². The Morgan fingerprint density at radius 2 is 2.00 bits per heavy atom. The largest absolute Gasteiger partial charge is 0.350 e. The van der Waals surface area contributed by atoms with Gasteiger partial charge in [-0.3, -0.25) is 4.79 Å². The molecule has 0 saturated heterocycles. The Balaban J connectivity index is 2.60. The fourth-order valence-corrected chi connectivity index (χ4v) is 2.78. The smallest absolute Gasteiger partial charge is 0.255 e. The molecular weight excluding hydrogens is 305 g/mol. The van der Waals surface area contributed by atoms with Crippen molar-refractivity contribution < 1.29 is 9.18 Å². The average Bonchev–Trinajstić information content (AvgIpc) is 2.84.